The summed E-state index contributed by atoms with van der Waals surface area (Å²) >= 11 is 12.0. The molecule has 2 atom stereocenters. The number of benzene rings is 1. The Morgan fingerprint density at radius 2 is 2.05 bits per heavy atom. The molecule has 1 amide bonds. The molecule has 102 valence electrons. The van der Waals surface area contributed by atoms with Crippen molar-refractivity contribution in [1.82, 2.24) is 5.32 Å². The van der Waals surface area contributed by atoms with Gasteiger partial charge in [-0.2, -0.15) is 0 Å². The van der Waals surface area contributed by atoms with Crippen molar-refractivity contribution in [2.24, 2.45) is 0 Å². The molecule has 2 rings (SSSR count). The molecular weight excluding hydrogens is 289 g/mol. The first-order chi connectivity index (χ1) is 8.97. The SMILES string of the molecule is C[C@H]1C[C@@H](NC(=O)Cc2c(Cl)cccc2Cl)C(=O)O1. The van der Waals surface area contributed by atoms with Crippen LogP contribution in [0, 0.1) is 0 Å². The van der Waals surface area contributed by atoms with Crippen LogP contribution in [-0.4, -0.2) is 24.0 Å². The van der Waals surface area contributed by atoms with Gasteiger partial charge in [0.15, 0.2) is 0 Å². The van der Waals surface area contributed by atoms with Crippen molar-refractivity contribution < 1.29 is 14.3 Å². The third-order valence-electron chi connectivity index (χ3n) is 2.90. The molecule has 0 radical (unpaired) electrons. The molecule has 1 saturated heterocycles. The lowest BCUT2D eigenvalue weighted by molar-refractivity contribution is -0.143. The maximum Gasteiger partial charge on any atom is 0.329 e. The van der Waals surface area contributed by atoms with E-state index in [-0.39, 0.29) is 18.4 Å². The summed E-state index contributed by atoms with van der Waals surface area (Å²) in [4.78, 5) is 23.3. The predicted molar refractivity (Wildman–Crippen MR) is 72.3 cm³/mol. The Kier molecular flexibility index (Phi) is 4.32. The molecule has 0 saturated carbocycles. The molecule has 1 aromatic carbocycles. The number of hydrogen-bond acceptors (Lipinski definition) is 3. The van der Waals surface area contributed by atoms with Gasteiger partial charge in [-0.3, -0.25) is 4.79 Å². The Balaban J connectivity index is 2.00. The van der Waals surface area contributed by atoms with E-state index in [0.29, 0.717) is 22.0 Å². The normalized spacial score (nSPS) is 22.2. The Hall–Kier alpha value is -1.26. The van der Waals surface area contributed by atoms with Crippen LogP contribution in [0.2, 0.25) is 10.0 Å². The van der Waals surface area contributed by atoms with Crippen molar-refractivity contribution in [2.75, 3.05) is 0 Å². The lowest BCUT2D eigenvalue weighted by atomic mass is 10.1. The number of halogens is 2. The van der Waals surface area contributed by atoms with Crippen molar-refractivity contribution >= 4 is 35.1 Å². The van der Waals surface area contributed by atoms with Crippen molar-refractivity contribution in [2.45, 2.75) is 31.9 Å². The molecule has 1 fully saturated rings. The molecule has 4 nitrogen and oxygen atoms in total. The summed E-state index contributed by atoms with van der Waals surface area (Å²) in [5.74, 6) is -0.697. The molecule has 1 aliphatic heterocycles. The second-order valence-corrected chi connectivity index (χ2v) is 5.29. The molecule has 0 bridgehead atoms. The quantitative estimate of drug-likeness (QED) is 0.872. The van der Waals surface area contributed by atoms with E-state index < -0.39 is 12.0 Å². The van der Waals surface area contributed by atoms with Gasteiger partial charge in [-0.05, 0) is 24.6 Å². The molecule has 1 heterocycles. The van der Waals surface area contributed by atoms with Gasteiger partial charge < -0.3 is 10.1 Å². The average Bonchev–Trinajstić information content (AvgIpc) is 2.63. The van der Waals surface area contributed by atoms with E-state index in [1.807, 2.05) is 0 Å². The third-order valence-corrected chi connectivity index (χ3v) is 3.61. The number of esters is 1. The highest BCUT2D eigenvalue weighted by atomic mass is 35.5. The largest absolute Gasteiger partial charge is 0.461 e. The van der Waals surface area contributed by atoms with Crippen LogP contribution in [-0.2, 0) is 20.7 Å². The Bertz CT molecular complexity index is 498. The van der Waals surface area contributed by atoms with Gasteiger partial charge in [-0.1, -0.05) is 29.3 Å². The summed E-state index contributed by atoms with van der Waals surface area (Å²) in [6.07, 6.45) is 0.360. The number of cyclic esters (lactones) is 1. The van der Waals surface area contributed by atoms with E-state index in [0.717, 1.165) is 0 Å². The fourth-order valence-corrected chi connectivity index (χ4v) is 2.51. The molecule has 1 aromatic rings. The summed E-state index contributed by atoms with van der Waals surface area (Å²) in [6, 6.07) is 4.47. The lowest BCUT2D eigenvalue weighted by Crippen LogP contribution is -2.38. The summed E-state index contributed by atoms with van der Waals surface area (Å²) in [5, 5.41) is 3.50. The summed E-state index contributed by atoms with van der Waals surface area (Å²) in [7, 11) is 0. The van der Waals surface area contributed by atoms with Crippen LogP contribution >= 0.6 is 23.2 Å². The second kappa shape index (κ2) is 5.80. The molecule has 0 unspecified atom stereocenters. The summed E-state index contributed by atoms with van der Waals surface area (Å²) in [5.41, 5.74) is 0.558. The zero-order valence-corrected chi connectivity index (χ0v) is 11.8. The van der Waals surface area contributed by atoms with Gasteiger partial charge in [0.25, 0.3) is 0 Å². The maximum atomic E-state index is 11.9. The van der Waals surface area contributed by atoms with Crippen molar-refractivity contribution in [3.63, 3.8) is 0 Å². The van der Waals surface area contributed by atoms with E-state index in [1.165, 1.54) is 0 Å². The van der Waals surface area contributed by atoms with Gasteiger partial charge >= 0.3 is 5.97 Å². The monoisotopic (exact) mass is 301 g/mol. The van der Waals surface area contributed by atoms with Crippen LogP contribution in [0.15, 0.2) is 18.2 Å². The minimum atomic E-state index is -0.580. The number of hydrogen-bond donors (Lipinski definition) is 1. The molecule has 1 N–H and O–H groups in total. The maximum absolute atomic E-state index is 11.9. The van der Waals surface area contributed by atoms with Gasteiger partial charge in [-0.25, -0.2) is 4.79 Å². The zero-order valence-electron chi connectivity index (χ0n) is 10.3. The van der Waals surface area contributed by atoms with Crippen molar-refractivity contribution in [1.29, 1.82) is 0 Å². The fraction of sp³-hybridized carbons (Fsp3) is 0.385. The standard InChI is InChI=1S/C13H13Cl2NO3/c1-7-5-11(13(18)19-7)16-12(17)6-8-9(14)3-2-4-10(8)15/h2-4,7,11H,5-6H2,1H3,(H,16,17)/t7-,11+/m0/s1. The van der Waals surface area contributed by atoms with Gasteiger partial charge in [0.1, 0.15) is 12.1 Å². The second-order valence-electron chi connectivity index (χ2n) is 4.48. The predicted octanol–water partition coefficient (Wildman–Crippen LogP) is 2.36. The van der Waals surface area contributed by atoms with Gasteiger partial charge in [0.2, 0.25) is 5.91 Å². The molecule has 0 aromatic heterocycles. The molecule has 19 heavy (non-hydrogen) atoms. The minimum absolute atomic E-state index is 0.0384. The van der Waals surface area contributed by atoms with Gasteiger partial charge in [0, 0.05) is 16.5 Å². The van der Waals surface area contributed by atoms with E-state index in [4.69, 9.17) is 27.9 Å². The van der Waals surface area contributed by atoms with E-state index in [2.05, 4.69) is 5.32 Å². The van der Waals surface area contributed by atoms with Crippen LogP contribution in [0.5, 0.6) is 0 Å². The van der Waals surface area contributed by atoms with E-state index in [9.17, 15) is 9.59 Å². The van der Waals surface area contributed by atoms with Crippen molar-refractivity contribution in [3.8, 4) is 0 Å². The molecule has 1 aliphatic rings. The highest BCUT2D eigenvalue weighted by Crippen LogP contribution is 2.24. The fourth-order valence-electron chi connectivity index (χ4n) is 1.98. The average molecular weight is 302 g/mol. The molecular formula is C13H13Cl2NO3. The van der Waals surface area contributed by atoms with E-state index in [1.54, 1.807) is 25.1 Å². The third kappa shape index (κ3) is 3.39. The Morgan fingerprint density at radius 3 is 2.58 bits per heavy atom. The number of rotatable bonds is 3. The van der Waals surface area contributed by atoms with Crippen LogP contribution in [0.25, 0.3) is 0 Å². The topological polar surface area (TPSA) is 55.4 Å². The number of carbonyl (C=O) groups excluding carboxylic acids is 2. The van der Waals surface area contributed by atoms with E-state index >= 15 is 0 Å². The number of nitrogens with one attached hydrogen (secondary N) is 1. The smallest absolute Gasteiger partial charge is 0.329 e. The summed E-state index contributed by atoms with van der Waals surface area (Å²) < 4.78 is 4.97. The Morgan fingerprint density at radius 1 is 1.42 bits per heavy atom. The van der Waals surface area contributed by atoms with Crippen LogP contribution in [0.1, 0.15) is 18.9 Å². The lowest BCUT2D eigenvalue weighted by Gasteiger charge is -2.10. The first-order valence-corrected chi connectivity index (χ1v) is 6.65. The van der Waals surface area contributed by atoms with Gasteiger partial charge in [0.05, 0.1) is 6.42 Å². The number of carbonyl (C=O) groups is 2. The number of amides is 1. The summed E-state index contributed by atoms with van der Waals surface area (Å²) in [6.45, 7) is 1.79. The van der Waals surface area contributed by atoms with Crippen LogP contribution in [0.3, 0.4) is 0 Å². The Labute approximate surface area is 121 Å². The zero-order chi connectivity index (χ0) is 14.0. The minimum Gasteiger partial charge on any atom is -0.461 e. The number of ether oxygens (including phenoxy) is 1. The highest BCUT2D eigenvalue weighted by molar-refractivity contribution is 6.36. The van der Waals surface area contributed by atoms with Crippen LogP contribution < -0.4 is 5.32 Å². The first-order valence-electron chi connectivity index (χ1n) is 5.90. The van der Waals surface area contributed by atoms with Crippen molar-refractivity contribution in [3.05, 3.63) is 33.8 Å². The van der Waals surface area contributed by atoms with Gasteiger partial charge in [-0.15, -0.1) is 0 Å². The van der Waals surface area contributed by atoms with Crippen LogP contribution in [0.4, 0.5) is 0 Å². The molecule has 6 heteroatoms. The highest BCUT2D eigenvalue weighted by Gasteiger charge is 2.32. The molecule has 0 aliphatic carbocycles. The first kappa shape index (κ1) is 14.2. The molecule has 0 spiro atoms.